The van der Waals surface area contributed by atoms with Crippen molar-refractivity contribution in [3.8, 4) is 0 Å². The van der Waals surface area contributed by atoms with E-state index in [1.807, 2.05) is 47.0 Å². The highest BCUT2D eigenvalue weighted by atomic mass is 32.2. The van der Waals surface area contributed by atoms with Crippen LogP contribution in [0.2, 0.25) is 0 Å². The van der Waals surface area contributed by atoms with Crippen molar-refractivity contribution in [1.82, 2.24) is 14.3 Å². The number of carbonyl (C=O) groups is 1. The van der Waals surface area contributed by atoms with Crippen LogP contribution in [-0.4, -0.2) is 52.2 Å². The molecule has 26 heavy (non-hydrogen) atoms. The molecule has 5 nitrogen and oxygen atoms in total. The number of carbonyl (C=O) groups excluding carboxylic acids is 1. The van der Waals surface area contributed by atoms with Crippen LogP contribution in [-0.2, 0) is 4.74 Å². The lowest BCUT2D eigenvalue weighted by atomic mass is 9.60. The SMILES string of the molecule is CCO[C@H]1C[C@H](N(C)C(=O)c2nc(SC)n3ccccc23)C12CCCC2. The molecule has 0 bridgehead atoms. The Labute approximate surface area is 159 Å². The second-order valence-electron chi connectivity index (χ2n) is 7.45. The smallest absolute Gasteiger partial charge is 0.274 e. The molecule has 0 aliphatic heterocycles. The highest BCUT2D eigenvalue weighted by Gasteiger charge is 2.59. The number of thioether (sulfide) groups is 1. The van der Waals surface area contributed by atoms with Crippen molar-refractivity contribution in [2.45, 2.75) is 56.3 Å². The Hall–Kier alpha value is -1.53. The van der Waals surface area contributed by atoms with Crippen molar-refractivity contribution in [3.05, 3.63) is 30.1 Å². The Morgan fingerprint density at radius 1 is 1.42 bits per heavy atom. The Bertz CT molecular complexity index is 812. The molecule has 2 aromatic rings. The van der Waals surface area contributed by atoms with Gasteiger partial charge in [0.2, 0.25) is 0 Å². The summed E-state index contributed by atoms with van der Waals surface area (Å²) in [5.74, 6) is 0.0280. The van der Waals surface area contributed by atoms with Crippen molar-refractivity contribution < 1.29 is 9.53 Å². The average molecular weight is 374 g/mol. The van der Waals surface area contributed by atoms with Gasteiger partial charge in [0, 0.05) is 31.3 Å². The van der Waals surface area contributed by atoms with Gasteiger partial charge < -0.3 is 9.64 Å². The molecular formula is C20H27N3O2S. The summed E-state index contributed by atoms with van der Waals surface area (Å²) >= 11 is 1.56. The number of hydrogen-bond donors (Lipinski definition) is 0. The van der Waals surface area contributed by atoms with Crippen molar-refractivity contribution in [1.29, 1.82) is 0 Å². The summed E-state index contributed by atoms with van der Waals surface area (Å²) in [4.78, 5) is 19.9. The van der Waals surface area contributed by atoms with Gasteiger partial charge >= 0.3 is 0 Å². The molecule has 2 heterocycles. The molecule has 2 fully saturated rings. The Balaban J connectivity index is 1.63. The molecule has 0 unspecified atom stereocenters. The average Bonchev–Trinajstić information content (AvgIpc) is 3.30. The van der Waals surface area contributed by atoms with Gasteiger partial charge in [0.05, 0.1) is 11.6 Å². The topological polar surface area (TPSA) is 46.8 Å². The summed E-state index contributed by atoms with van der Waals surface area (Å²) in [5, 5.41) is 0.855. The number of amides is 1. The van der Waals surface area contributed by atoms with Gasteiger partial charge in [-0.05, 0) is 44.6 Å². The van der Waals surface area contributed by atoms with Gasteiger partial charge in [-0.1, -0.05) is 30.7 Å². The lowest BCUT2D eigenvalue weighted by molar-refractivity contribution is -0.152. The third kappa shape index (κ3) is 2.57. The van der Waals surface area contributed by atoms with E-state index in [1.165, 1.54) is 25.7 Å². The normalized spacial score (nSPS) is 24.1. The van der Waals surface area contributed by atoms with Gasteiger partial charge in [-0.2, -0.15) is 0 Å². The molecule has 0 radical (unpaired) electrons. The van der Waals surface area contributed by atoms with Crippen LogP contribution in [0.25, 0.3) is 5.52 Å². The number of fused-ring (bicyclic) bond motifs is 1. The van der Waals surface area contributed by atoms with E-state index in [2.05, 4.69) is 11.9 Å². The third-order valence-corrected chi connectivity index (χ3v) is 6.99. The van der Waals surface area contributed by atoms with E-state index in [1.54, 1.807) is 11.8 Å². The number of rotatable bonds is 5. The maximum Gasteiger partial charge on any atom is 0.274 e. The first-order valence-electron chi connectivity index (χ1n) is 9.52. The summed E-state index contributed by atoms with van der Waals surface area (Å²) in [5.41, 5.74) is 1.60. The van der Waals surface area contributed by atoms with E-state index in [0.29, 0.717) is 11.8 Å². The molecule has 6 heteroatoms. The molecule has 2 aliphatic carbocycles. The number of nitrogens with zero attached hydrogens (tertiary/aromatic N) is 3. The maximum atomic E-state index is 13.3. The zero-order chi connectivity index (χ0) is 18.3. The minimum Gasteiger partial charge on any atom is -0.378 e. The molecule has 1 spiro atoms. The predicted molar refractivity (Wildman–Crippen MR) is 104 cm³/mol. The summed E-state index contributed by atoms with van der Waals surface area (Å²) in [6, 6.07) is 6.17. The molecule has 0 N–H and O–H groups in total. The first-order chi connectivity index (χ1) is 12.6. The fourth-order valence-corrected chi connectivity index (χ4v) is 5.55. The molecular weight excluding hydrogens is 346 g/mol. The zero-order valence-electron chi connectivity index (χ0n) is 15.8. The first-order valence-corrected chi connectivity index (χ1v) is 10.7. The molecule has 4 rings (SSSR count). The minimum absolute atomic E-state index is 0.0280. The first kappa shape index (κ1) is 17.9. The third-order valence-electron chi connectivity index (χ3n) is 6.33. The van der Waals surface area contributed by atoms with Crippen LogP contribution in [0, 0.1) is 5.41 Å². The zero-order valence-corrected chi connectivity index (χ0v) is 16.6. The summed E-state index contributed by atoms with van der Waals surface area (Å²) in [6.45, 7) is 2.81. The molecule has 140 valence electrons. The number of imidazole rings is 1. The van der Waals surface area contributed by atoms with Gasteiger partial charge in [0.1, 0.15) is 0 Å². The van der Waals surface area contributed by atoms with Crippen molar-refractivity contribution in [3.63, 3.8) is 0 Å². The Morgan fingerprint density at radius 2 is 2.19 bits per heavy atom. The molecule has 0 aromatic carbocycles. The van der Waals surface area contributed by atoms with Gasteiger partial charge in [-0.15, -0.1) is 0 Å². The van der Waals surface area contributed by atoms with Gasteiger partial charge in [-0.25, -0.2) is 4.98 Å². The van der Waals surface area contributed by atoms with E-state index in [0.717, 1.165) is 23.7 Å². The largest absolute Gasteiger partial charge is 0.378 e. The predicted octanol–water partition coefficient (Wildman–Crippen LogP) is 3.87. The lowest BCUT2D eigenvalue weighted by Gasteiger charge is -2.56. The molecule has 2 saturated carbocycles. The number of ether oxygens (including phenoxy) is 1. The summed E-state index contributed by atoms with van der Waals surface area (Å²) in [7, 11) is 1.95. The minimum atomic E-state index is 0.0280. The maximum absolute atomic E-state index is 13.3. The Morgan fingerprint density at radius 3 is 2.88 bits per heavy atom. The molecule has 1 amide bonds. The van der Waals surface area contributed by atoms with Crippen molar-refractivity contribution >= 4 is 23.2 Å². The van der Waals surface area contributed by atoms with E-state index in [-0.39, 0.29) is 17.4 Å². The fraction of sp³-hybridized carbons (Fsp3) is 0.600. The molecule has 0 saturated heterocycles. The van der Waals surface area contributed by atoms with Crippen LogP contribution >= 0.6 is 11.8 Å². The number of pyridine rings is 1. The van der Waals surface area contributed by atoms with Crippen LogP contribution in [0.5, 0.6) is 0 Å². The van der Waals surface area contributed by atoms with Crippen LogP contribution in [0.15, 0.2) is 29.6 Å². The lowest BCUT2D eigenvalue weighted by Crippen LogP contribution is -2.64. The highest BCUT2D eigenvalue weighted by molar-refractivity contribution is 7.98. The quantitative estimate of drug-likeness (QED) is 0.747. The number of aromatic nitrogens is 2. The van der Waals surface area contributed by atoms with Crippen LogP contribution in [0.4, 0.5) is 0 Å². The summed E-state index contributed by atoms with van der Waals surface area (Å²) < 4.78 is 8.01. The Kier molecular flexibility index (Phi) is 4.73. The van der Waals surface area contributed by atoms with Crippen LogP contribution in [0.3, 0.4) is 0 Å². The molecule has 2 atom stereocenters. The monoisotopic (exact) mass is 373 g/mol. The van der Waals surface area contributed by atoms with Crippen molar-refractivity contribution in [2.75, 3.05) is 19.9 Å². The standard InChI is InChI=1S/C20H27N3O2S/c1-4-25-16-13-15(20(16)10-6-7-11-20)22(2)18(24)17-14-9-5-8-12-23(14)19(21-17)26-3/h5,8-9,12,15-16H,4,6-7,10-11,13H2,1-3H3/t15-,16-/m0/s1. The molecule has 2 aliphatic rings. The number of hydrogen-bond acceptors (Lipinski definition) is 4. The van der Waals surface area contributed by atoms with E-state index >= 15 is 0 Å². The second kappa shape index (κ2) is 6.89. The van der Waals surface area contributed by atoms with Gasteiger partial charge in [-0.3, -0.25) is 9.20 Å². The highest BCUT2D eigenvalue weighted by Crippen LogP contribution is 2.56. The van der Waals surface area contributed by atoms with E-state index in [4.69, 9.17) is 4.74 Å². The fourth-order valence-electron chi connectivity index (χ4n) is 5.01. The van der Waals surface area contributed by atoms with Crippen LogP contribution < -0.4 is 0 Å². The summed E-state index contributed by atoms with van der Waals surface area (Å²) in [6.07, 6.45) is 10.0. The van der Waals surface area contributed by atoms with E-state index in [9.17, 15) is 4.79 Å². The van der Waals surface area contributed by atoms with E-state index < -0.39 is 0 Å². The van der Waals surface area contributed by atoms with Crippen molar-refractivity contribution in [2.24, 2.45) is 5.41 Å². The van der Waals surface area contributed by atoms with Gasteiger partial charge in [0.15, 0.2) is 10.9 Å². The second-order valence-corrected chi connectivity index (χ2v) is 8.23. The van der Waals surface area contributed by atoms with Gasteiger partial charge in [0.25, 0.3) is 5.91 Å². The van der Waals surface area contributed by atoms with Crippen LogP contribution in [0.1, 0.15) is 49.5 Å². The molecule has 2 aromatic heterocycles.